The number of aliphatic imine (C=N–C) groups is 1. The van der Waals surface area contributed by atoms with Crippen LogP contribution in [0.25, 0.3) is 0 Å². The number of benzene rings is 1. The predicted molar refractivity (Wildman–Crippen MR) is 129 cm³/mol. The van der Waals surface area contributed by atoms with Crippen LogP contribution in [0, 0.1) is 5.82 Å². The Labute approximate surface area is 195 Å². The summed E-state index contributed by atoms with van der Waals surface area (Å²) < 4.78 is 38.9. The van der Waals surface area contributed by atoms with Gasteiger partial charge in [0.15, 0.2) is 15.8 Å². The summed E-state index contributed by atoms with van der Waals surface area (Å²) in [5, 5.41) is 11.0. The maximum absolute atomic E-state index is 13.7. The Kier molecular flexibility index (Phi) is 10.2. The second-order valence-electron chi connectivity index (χ2n) is 6.97. The van der Waals surface area contributed by atoms with E-state index >= 15 is 0 Å². The van der Waals surface area contributed by atoms with E-state index in [4.69, 9.17) is 0 Å². The van der Waals surface area contributed by atoms with Crippen molar-refractivity contribution >= 4 is 39.8 Å². The Morgan fingerprint density at radius 1 is 1.17 bits per heavy atom. The first-order valence-corrected chi connectivity index (χ1v) is 11.7. The van der Waals surface area contributed by atoms with Gasteiger partial charge >= 0.3 is 0 Å². The molecule has 2 rings (SSSR count). The van der Waals surface area contributed by atoms with Gasteiger partial charge in [0.1, 0.15) is 5.82 Å². The number of nitrogens with one attached hydrogen (secondary N) is 2. The molecule has 0 radical (unpaired) electrons. The number of hydrogen-bond acceptors (Lipinski definition) is 4. The third-order valence-electron chi connectivity index (χ3n) is 4.72. The maximum atomic E-state index is 13.7. The standard InChI is InChI=1S/C20H30FN5O2S.HI/c1-6-18-17(19(7-2)26(4)25-18)12-24-20(22-3)23-11-15-10-16(21)9-8-14(15)13-29(5,27)28;/h8-10H,6-7,11-13H2,1-5H3,(H2,22,23,24);1H. The molecule has 0 fully saturated rings. The van der Waals surface area contributed by atoms with E-state index in [2.05, 4.69) is 34.6 Å². The average molecular weight is 551 g/mol. The highest BCUT2D eigenvalue weighted by molar-refractivity contribution is 14.0. The molecule has 0 unspecified atom stereocenters. The Morgan fingerprint density at radius 3 is 2.40 bits per heavy atom. The van der Waals surface area contributed by atoms with Crippen molar-refractivity contribution < 1.29 is 12.8 Å². The molecular formula is C20H31FIN5O2S. The maximum Gasteiger partial charge on any atom is 0.191 e. The van der Waals surface area contributed by atoms with Crippen molar-refractivity contribution in [2.45, 2.75) is 45.5 Å². The molecule has 1 aromatic heterocycles. The minimum absolute atomic E-state index is 0. The third kappa shape index (κ3) is 7.22. The number of sulfone groups is 1. The molecule has 0 spiro atoms. The largest absolute Gasteiger partial charge is 0.352 e. The first-order chi connectivity index (χ1) is 13.7. The van der Waals surface area contributed by atoms with E-state index in [0.29, 0.717) is 23.6 Å². The first kappa shape index (κ1) is 26.3. The zero-order valence-corrected chi connectivity index (χ0v) is 21.3. The Morgan fingerprint density at radius 2 is 1.83 bits per heavy atom. The monoisotopic (exact) mass is 551 g/mol. The molecule has 0 amide bonds. The van der Waals surface area contributed by atoms with Crippen LogP contribution in [-0.4, -0.2) is 37.5 Å². The van der Waals surface area contributed by atoms with Crippen molar-refractivity contribution in [3.63, 3.8) is 0 Å². The number of halogens is 2. The number of hydrogen-bond donors (Lipinski definition) is 2. The van der Waals surface area contributed by atoms with Crippen molar-refractivity contribution in [3.05, 3.63) is 52.1 Å². The van der Waals surface area contributed by atoms with Gasteiger partial charge in [-0.25, -0.2) is 12.8 Å². The second-order valence-corrected chi connectivity index (χ2v) is 9.11. The fourth-order valence-electron chi connectivity index (χ4n) is 3.35. The minimum Gasteiger partial charge on any atom is -0.352 e. The van der Waals surface area contributed by atoms with Crippen LogP contribution in [0.2, 0.25) is 0 Å². The van der Waals surface area contributed by atoms with Crippen LogP contribution < -0.4 is 10.6 Å². The van der Waals surface area contributed by atoms with E-state index in [1.165, 1.54) is 30.1 Å². The van der Waals surface area contributed by atoms with Gasteiger partial charge in [0, 0.05) is 44.7 Å². The smallest absolute Gasteiger partial charge is 0.191 e. The molecule has 0 aliphatic rings. The van der Waals surface area contributed by atoms with Gasteiger partial charge in [-0.05, 0) is 36.1 Å². The van der Waals surface area contributed by atoms with Crippen LogP contribution in [0.15, 0.2) is 23.2 Å². The van der Waals surface area contributed by atoms with Crippen LogP contribution in [0.4, 0.5) is 4.39 Å². The van der Waals surface area contributed by atoms with Gasteiger partial charge in [-0.2, -0.15) is 5.10 Å². The fraction of sp³-hybridized carbons (Fsp3) is 0.500. The van der Waals surface area contributed by atoms with Crippen LogP contribution in [0.1, 0.15) is 41.9 Å². The summed E-state index contributed by atoms with van der Waals surface area (Å²) in [4.78, 5) is 4.22. The normalized spacial score (nSPS) is 11.9. The van der Waals surface area contributed by atoms with Gasteiger partial charge in [0.05, 0.1) is 11.4 Å². The zero-order chi connectivity index (χ0) is 21.6. The molecule has 30 heavy (non-hydrogen) atoms. The Hall–Kier alpha value is -1.69. The van der Waals surface area contributed by atoms with Gasteiger partial charge in [0.2, 0.25) is 0 Å². The molecule has 2 aromatic rings. The first-order valence-electron chi connectivity index (χ1n) is 9.61. The van der Waals surface area contributed by atoms with Crippen LogP contribution in [0.5, 0.6) is 0 Å². The number of nitrogens with zero attached hydrogens (tertiary/aromatic N) is 3. The average Bonchev–Trinajstić information content (AvgIpc) is 2.97. The Balaban J connectivity index is 0.00000450. The highest BCUT2D eigenvalue weighted by atomic mass is 127. The molecule has 10 heteroatoms. The van der Waals surface area contributed by atoms with E-state index in [0.717, 1.165) is 24.1 Å². The number of guanidine groups is 1. The quantitative estimate of drug-likeness (QED) is 0.300. The number of aryl methyl sites for hydroxylation is 2. The molecule has 2 N–H and O–H groups in total. The summed E-state index contributed by atoms with van der Waals surface area (Å²) in [5.74, 6) is 0.0104. The number of aromatic nitrogens is 2. The molecule has 0 bridgehead atoms. The molecular weight excluding hydrogens is 520 g/mol. The molecule has 0 saturated carbocycles. The SMILES string of the molecule is CCc1nn(C)c(CC)c1CNC(=NC)NCc1cc(F)ccc1CS(C)(=O)=O.I. The van der Waals surface area contributed by atoms with Gasteiger partial charge in [-0.15, -0.1) is 24.0 Å². The molecule has 1 aromatic carbocycles. The van der Waals surface area contributed by atoms with Crippen molar-refractivity contribution in [3.8, 4) is 0 Å². The van der Waals surface area contributed by atoms with E-state index in [1.54, 1.807) is 7.05 Å². The zero-order valence-electron chi connectivity index (χ0n) is 18.1. The van der Waals surface area contributed by atoms with Crippen LogP contribution in [0.3, 0.4) is 0 Å². The highest BCUT2D eigenvalue weighted by Gasteiger charge is 2.15. The van der Waals surface area contributed by atoms with Gasteiger partial charge in [-0.3, -0.25) is 9.67 Å². The van der Waals surface area contributed by atoms with Crippen molar-refractivity contribution in [2.24, 2.45) is 12.0 Å². The lowest BCUT2D eigenvalue weighted by molar-refractivity contribution is 0.599. The summed E-state index contributed by atoms with van der Waals surface area (Å²) >= 11 is 0. The highest BCUT2D eigenvalue weighted by Crippen LogP contribution is 2.16. The van der Waals surface area contributed by atoms with Crippen molar-refractivity contribution in [1.29, 1.82) is 0 Å². The molecule has 0 atom stereocenters. The van der Waals surface area contributed by atoms with E-state index in [-0.39, 0.29) is 36.3 Å². The lowest BCUT2D eigenvalue weighted by Crippen LogP contribution is -2.37. The van der Waals surface area contributed by atoms with E-state index in [9.17, 15) is 12.8 Å². The van der Waals surface area contributed by atoms with Crippen molar-refractivity contribution in [2.75, 3.05) is 13.3 Å². The van der Waals surface area contributed by atoms with E-state index in [1.807, 2.05) is 11.7 Å². The van der Waals surface area contributed by atoms with E-state index < -0.39 is 15.7 Å². The second kappa shape index (κ2) is 11.6. The molecule has 0 saturated heterocycles. The molecule has 168 valence electrons. The van der Waals surface area contributed by atoms with Crippen molar-refractivity contribution in [1.82, 2.24) is 20.4 Å². The lowest BCUT2D eigenvalue weighted by Gasteiger charge is -2.15. The summed E-state index contributed by atoms with van der Waals surface area (Å²) in [6.07, 6.45) is 2.89. The summed E-state index contributed by atoms with van der Waals surface area (Å²) in [7, 11) is 0.381. The molecule has 0 aliphatic heterocycles. The minimum atomic E-state index is -3.22. The summed E-state index contributed by atoms with van der Waals surface area (Å²) in [6.45, 7) is 5.00. The summed E-state index contributed by atoms with van der Waals surface area (Å²) in [5.41, 5.74) is 4.54. The van der Waals surface area contributed by atoms with Gasteiger partial charge in [-0.1, -0.05) is 19.9 Å². The third-order valence-corrected chi connectivity index (χ3v) is 5.55. The lowest BCUT2D eigenvalue weighted by atomic mass is 10.1. The van der Waals surface area contributed by atoms with Crippen LogP contribution in [-0.2, 0) is 48.6 Å². The Bertz CT molecular complexity index is 989. The fourth-order valence-corrected chi connectivity index (χ4v) is 4.19. The van der Waals surface area contributed by atoms with Gasteiger partial charge < -0.3 is 10.6 Å². The molecule has 0 aliphatic carbocycles. The topological polar surface area (TPSA) is 88.4 Å². The van der Waals surface area contributed by atoms with Gasteiger partial charge in [0.25, 0.3) is 0 Å². The number of rotatable bonds is 8. The van der Waals surface area contributed by atoms with Crippen LogP contribution >= 0.6 is 24.0 Å². The molecule has 7 nitrogen and oxygen atoms in total. The summed E-state index contributed by atoms with van der Waals surface area (Å²) in [6, 6.07) is 4.14. The predicted octanol–water partition coefficient (Wildman–Crippen LogP) is 2.71. The molecule has 1 heterocycles.